The van der Waals surface area contributed by atoms with E-state index in [1.165, 1.54) is 25.7 Å². The van der Waals surface area contributed by atoms with Crippen LogP contribution in [0.15, 0.2) is 26.3 Å². The van der Waals surface area contributed by atoms with E-state index in [0.29, 0.717) is 0 Å². The monoisotopic (exact) mass is 204 g/mol. The van der Waals surface area contributed by atoms with Gasteiger partial charge < -0.3 is 0 Å². The number of hydrogen-bond acceptors (Lipinski definition) is 0. The van der Waals surface area contributed by atoms with Gasteiger partial charge in [0.25, 0.3) is 0 Å². The van der Waals surface area contributed by atoms with Crippen LogP contribution >= 0.6 is 0 Å². The van der Waals surface area contributed by atoms with Gasteiger partial charge in [-0.25, -0.2) is 0 Å². The number of rotatable bonds is 2. The Morgan fingerprint density at radius 2 is 0.571 bits per heavy atom. The summed E-state index contributed by atoms with van der Waals surface area (Å²) in [7, 11) is 0. The van der Waals surface area contributed by atoms with Crippen molar-refractivity contribution in [3.8, 4) is 0 Å². The zero-order valence-electron chi connectivity index (χ0n) is 9.66. The van der Waals surface area contributed by atoms with Gasteiger partial charge in [0.15, 0.2) is 0 Å². The lowest BCUT2D eigenvalue weighted by Gasteiger charge is -1.68. The molecular formula is C14H36. The Morgan fingerprint density at radius 3 is 0.571 bits per heavy atom. The van der Waals surface area contributed by atoms with Crippen LogP contribution in [-0.2, 0) is 0 Å². The van der Waals surface area contributed by atoms with Crippen molar-refractivity contribution >= 4 is 0 Å². The van der Waals surface area contributed by atoms with Gasteiger partial charge in [-0.2, -0.15) is 0 Å². The van der Waals surface area contributed by atoms with Crippen LogP contribution < -0.4 is 0 Å². The summed E-state index contributed by atoms with van der Waals surface area (Å²) in [5, 5.41) is 0. The molecule has 0 N–H and O–H groups in total. The normalized spacial score (nSPS) is 4.86. The zero-order chi connectivity index (χ0) is 10.8. The summed E-state index contributed by atoms with van der Waals surface area (Å²) >= 11 is 0. The maximum atomic E-state index is 3.00. The maximum Gasteiger partial charge on any atom is -0.0564 e. The first kappa shape index (κ1) is 37.5. The fourth-order valence-electron chi connectivity index (χ4n) is 0. The van der Waals surface area contributed by atoms with E-state index in [4.69, 9.17) is 0 Å². The molecule has 0 spiro atoms. The smallest absolute Gasteiger partial charge is 0.0564 e. The second kappa shape index (κ2) is 136. The molecule has 0 nitrogen and oxygen atoms in total. The lowest BCUT2D eigenvalue weighted by molar-refractivity contribution is 0.886. The molecule has 0 saturated carbocycles. The van der Waals surface area contributed by atoms with Gasteiger partial charge in [-0.3, -0.25) is 0 Å². The van der Waals surface area contributed by atoms with E-state index < -0.39 is 0 Å². The third-order valence-corrected chi connectivity index (χ3v) is 1.000. The summed E-state index contributed by atoms with van der Waals surface area (Å²) < 4.78 is 0. The first-order valence-electron chi connectivity index (χ1n) is 4.83. The predicted octanol–water partition coefficient (Wildman–Crippen LogP) is 6.49. The summed E-state index contributed by atoms with van der Waals surface area (Å²) in [4.78, 5) is 0. The van der Waals surface area contributed by atoms with Crippen molar-refractivity contribution in [1.29, 1.82) is 0 Å². The van der Waals surface area contributed by atoms with E-state index in [1.54, 1.807) is 0 Å². The summed E-state index contributed by atoms with van der Waals surface area (Å²) in [6.45, 7) is 20.7. The molecule has 0 aliphatic rings. The van der Waals surface area contributed by atoms with Gasteiger partial charge in [-0.1, -0.05) is 68.2 Å². The molecule has 0 aromatic rings. The predicted molar refractivity (Wildman–Crippen MR) is 77.1 cm³/mol. The zero-order valence-corrected chi connectivity index (χ0v) is 9.66. The highest BCUT2D eigenvalue weighted by Crippen LogP contribution is 1.77. The third-order valence-electron chi connectivity index (χ3n) is 1.000. The van der Waals surface area contributed by atoms with E-state index in [1.807, 2.05) is 0 Å². The summed E-state index contributed by atoms with van der Waals surface area (Å²) in [6, 6.07) is 0. The highest BCUT2D eigenvalue weighted by Gasteiger charge is 1.56. The highest BCUT2D eigenvalue weighted by atomic mass is 13.6. The maximum absolute atomic E-state index is 3.00. The van der Waals surface area contributed by atoms with Gasteiger partial charge >= 0.3 is 0 Å². The van der Waals surface area contributed by atoms with Crippen molar-refractivity contribution in [2.24, 2.45) is 0 Å². The van der Waals surface area contributed by atoms with Crippen LogP contribution in [0.1, 0.15) is 68.2 Å². The average molecular weight is 204 g/mol. The Hall–Kier alpha value is -0.520. The highest BCUT2D eigenvalue weighted by molar-refractivity contribution is 4.22. The minimum absolute atomic E-state index is 0. The first-order valence-corrected chi connectivity index (χ1v) is 4.83. The van der Waals surface area contributed by atoms with Crippen LogP contribution in [0, 0.1) is 0 Å². The van der Waals surface area contributed by atoms with Crippen molar-refractivity contribution in [2.45, 2.75) is 68.2 Å². The second-order valence-electron chi connectivity index (χ2n) is 2.00. The quantitative estimate of drug-likeness (QED) is 0.451. The Balaban J connectivity index is -0.0000000153. The minimum Gasteiger partial charge on any atom is -0.106 e. The van der Waals surface area contributed by atoms with Crippen LogP contribution in [0.2, 0.25) is 0 Å². The van der Waals surface area contributed by atoms with Gasteiger partial charge in [-0.15, -0.1) is 26.3 Å². The van der Waals surface area contributed by atoms with Gasteiger partial charge in [0.05, 0.1) is 0 Å². The molecule has 92 valence electrons. The van der Waals surface area contributed by atoms with Crippen LogP contribution in [-0.4, -0.2) is 0 Å². The van der Waals surface area contributed by atoms with Gasteiger partial charge in [0.2, 0.25) is 0 Å². The molecule has 0 saturated heterocycles. The van der Waals surface area contributed by atoms with E-state index >= 15 is 0 Å². The topological polar surface area (TPSA) is 0 Å². The second-order valence-corrected chi connectivity index (χ2v) is 2.00. The average Bonchev–Trinajstić information content (AvgIpc) is 2.23. The Morgan fingerprint density at radius 1 is 0.500 bits per heavy atom. The first-order chi connectivity index (χ1) is 5.83. The molecule has 0 aliphatic carbocycles. The van der Waals surface area contributed by atoms with Crippen LogP contribution in [0.25, 0.3) is 0 Å². The summed E-state index contributed by atoms with van der Waals surface area (Å²) in [5.41, 5.74) is 0. The van der Waals surface area contributed by atoms with Crippen LogP contribution in [0.4, 0.5) is 0 Å². The van der Waals surface area contributed by atoms with Gasteiger partial charge in [-0.05, 0) is 0 Å². The van der Waals surface area contributed by atoms with Gasteiger partial charge in [0.1, 0.15) is 0 Å². The molecule has 0 heteroatoms. The Kier molecular flexibility index (Phi) is 364. The van der Waals surface area contributed by atoms with E-state index in [-0.39, 0.29) is 14.9 Å². The molecule has 0 aromatic carbocycles. The number of unbranched alkanes of at least 4 members (excludes halogenated alkanes) is 2. The largest absolute Gasteiger partial charge is 0.106 e. The standard InChI is InChI=1S/2C4H10.2C2H4.2CH4/c2*1-3-4-2;2*1-2;;/h2*3-4H2,1-2H3;2*1-2H2;2*1H4. The minimum atomic E-state index is 0. The van der Waals surface area contributed by atoms with E-state index in [2.05, 4.69) is 54.0 Å². The molecule has 0 atom stereocenters. The summed E-state index contributed by atoms with van der Waals surface area (Å²) in [5.74, 6) is 0. The molecule has 0 rings (SSSR count). The molecule has 14 heavy (non-hydrogen) atoms. The molecule has 0 heterocycles. The Bertz CT molecular complexity index is 21.0. The third kappa shape index (κ3) is 576. The van der Waals surface area contributed by atoms with Gasteiger partial charge in [0, 0.05) is 0 Å². The fourth-order valence-corrected chi connectivity index (χ4v) is 0. The summed E-state index contributed by atoms with van der Waals surface area (Å²) in [6.07, 6.45) is 5.28. The molecule has 0 unspecified atom stereocenters. The molecule has 0 aromatic heterocycles. The molecular weight excluding hydrogens is 168 g/mol. The van der Waals surface area contributed by atoms with Crippen molar-refractivity contribution < 1.29 is 0 Å². The van der Waals surface area contributed by atoms with Crippen LogP contribution in [0.5, 0.6) is 0 Å². The molecule has 0 aliphatic heterocycles. The Labute approximate surface area is 95.1 Å². The molecule has 0 fully saturated rings. The van der Waals surface area contributed by atoms with Crippen molar-refractivity contribution in [3.63, 3.8) is 0 Å². The number of hydrogen-bond donors (Lipinski definition) is 0. The molecule has 0 radical (unpaired) electrons. The fraction of sp³-hybridized carbons (Fsp3) is 0.714. The molecule has 0 amide bonds. The van der Waals surface area contributed by atoms with Crippen molar-refractivity contribution in [1.82, 2.24) is 0 Å². The van der Waals surface area contributed by atoms with Crippen molar-refractivity contribution in [3.05, 3.63) is 26.3 Å². The lowest BCUT2D eigenvalue weighted by atomic mass is 10.4. The van der Waals surface area contributed by atoms with E-state index in [0.717, 1.165) is 0 Å². The SMILES string of the molecule is C.C.C=C.C=C.CCCC.CCCC. The molecule has 0 bridgehead atoms. The van der Waals surface area contributed by atoms with E-state index in [9.17, 15) is 0 Å². The van der Waals surface area contributed by atoms with Crippen molar-refractivity contribution in [2.75, 3.05) is 0 Å². The van der Waals surface area contributed by atoms with Crippen LogP contribution in [0.3, 0.4) is 0 Å². The lowest BCUT2D eigenvalue weighted by Crippen LogP contribution is -1.47.